The van der Waals surface area contributed by atoms with Crippen molar-refractivity contribution in [2.45, 2.75) is 46.0 Å². The van der Waals surface area contributed by atoms with Crippen molar-refractivity contribution in [3.05, 3.63) is 0 Å². The monoisotopic (exact) mass is 321 g/mol. The van der Waals surface area contributed by atoms with Gasteiger partial charge in [-0.3, -0.25) is 4.79 Å². The lowest BCUT2D eigenvalue weighted by Gasteiger charge is -2.28. The number of hydrogen-bond donors (Lipinski definition) is 0. The van der Waals surface area contributed by atoms with Crippen LogP contribution in [0.3, 0.4) is 0 Å². The van der Waals surface area contributed by atoms with Gasteiger partial charge in [0, 0.05) is 26.2 Å². The van der Waals surface area contributed by atoms with Gasteiger partial charge in [-0.15, -0.1) is 0 Å². The van der Waals surface area contributed by atoms with Gasteiger partial charge in [0.15, 0.2) is 0 Å². The molecular weight excluding hydrogens is 294 g/mol. The molecule has 1 aliphatic heterocycles. The summed E-state index contributed by atoms with van der Waals surface area (Å²) in [5, 5.41) is 9.47. The van der Waals surface area contributed by atoms with E-state index in [0.29, 0.717) is 51.5 Å². The maximum Gasteiger partial charge on any atom is 0.409 e. The van der Waals surface area contributed by atoms with E-state index in [4.69, 9.17) is 4.74 Å². The van der Waals surface area contributed by atoms with Gasteiger partial charge in [-0.25, -0.2) is 4.79 Å². The first kappa shape index (κ1) is 17.6. The van der Waals surface area contributed by atoms with E-state index in [2.05, 4.69) is 6.07 Å². The van der Waals surface area contributed by atoms with Gasteiger partial charge < -0.3 is 14.5 Å². The molecule has 1 saturated carbocycles. The van der Waals surface area contributed by atoms with Crippen LogP contribution in [-0.2, 0) is 9.53 Å². The predicted octanol–water partition coefficient (Wildman–Crippen LogP) is 2.40. The van der Waals surface area contributed by atoms with Gasteiger partial charge in [-0.2, -0.15) is 5.26 Å². The third-order valence-corrected chi connectivity index (χ3v) is 4.66. The molecule has 0 N–H and O–H groups in total. The van der Waals surface area contributed by atoms with Crippen LogP contribution >= 0.6 is 0 Å². The fourth-order valence-corrected chi connectivity index (χ4v) is 3.29. The molecule has 2 aliphatic rings. The van der Waals surface area contributed by atoms with Crippen LogP contribution in [0.5, 0.6) is 0 Å². The van der Waals surface area contributed by atoms with E-state index >= 15 is 0 Å². The quantitative estimate of drug-likeness (QED) is 0.800. The number of amides is 2. The van der Waals surface area contributed by atoms with E-state index in [1.165, 1.54) is 0 Å². The van der Waals surface area contributed by atoms with Crippen LogP contribution in [-0.4, -0.2) is 54.6 Å². The zero-order valence-corrected chi connectivity index (χ0v) is 14.2. The van der Waals surface area contributed by atoms with Crippen molar-refractivity contribution in [2.75, 3.05) is 32.8 Å². The molecule has 0 aromatic carbocycles. The number of nitriles is 1. The second kappa shape index (κ2) is 7.67. The molecule has 0 unspecified atom stereocenters. The lowest BCUT2D eigenvalue weighted by atomic mass is 9.86. The van der Waals surface area contributed by atoms with Crippen LogP contribution in [0.1, 0.15) is 46.0 Å². The van der Waals surface area contributed by atoms with Crippen molar-refractivity contribution in [3.63, 3.8) is 0 Å². The summed E-state index contributed by atoms with van der Waals surface area (Å²) in [6.45, 7) is 6.58. The van der Waals surface area contributed by atoms with Crippen LogP contribution in [0.25, 0.3) is 0 Å². The molecule has 23 heavy (non-hydrogen) atoms. The zero-order chi connectivity index (χ0) is 16.9. The summed E-state index contributed by atoms with van der Waals surface area (Å²) in [5.74, 6) is 0.261. The zero-order valence-electron chi connectivity index (χ0n) is 14.2. The molecule has 6 heteroatoms. The molecule has 0 spiro atoms. The Morgan fingerprint density at radius 3 is 2.30 bits per heavy atom. The van der Waals surface area contributed by atoms with Crippen molar-refractivity contribution in [1.29, 1.82) is 5.26 Å². The second-order valence-electron chi connectivity index (χ2n) is 7.00. The summed E-state index contributed by atoms with van der Waals surface area (Å²) in [7, 11) is 0. The summed E-state index contributed by atoms with van der Waals surface area (Å²) in [4.78, 5) is 28.3. The first-order valence-corrected chi connectivity index (χ1v) is 8.61. The Morgan fingerprint density at radius 1 is 1.09 bits per heavy atom. The normalized spacial score (nSPS) is 21.0. The SMILES string of the molecule is CC(C)COC(=O)N1CCCN(C(=O)C2(C#N)CCCC2)CC1. The molecule has 6 nitrogen and oxygen atoms in total. The molecule has 0 bridgehead atoms. The minimum atomic E-state index is -0.826. The third-order valence-electron chi connectivity index (χ3n) is 4.66. The highest BCUT2D eigenvalue weighted by molar-refractivity contribution is 5.86. The molecule has 1 heterocycles. The standard InChI is InChI=1S/C17H27N3O3/c1-14(2)12-23-16(22)20-9-5-8-19(10-11-20)15(21)17(13-18)6-3-4-7-17/h14H,3-12H2,1-2H3. The van der Waals surface area contributed by atoms with Gasteiger partial charge in [0.05, 0.1) is 12.7 Å². The highest BCUT2D eigenvalue weighted by Crippen LogP contribution is 2.39. The first-order valence-electron chi connectivity index (χ1n) is 8.61. The number of carbonyl (C=O) groups is 2. The molecule has 2 amide bonds. The van der Waals surface area contributed by atoms with Crippen LogP contribution in [0.2, 0.25) is 0 Å². The largest absolute Gasteiger partial charge is 0.449 e. The van der Waals surface area contributed by atoms with E-state index in [-0.39, 0.29) is 12.0 Å². The fourth-order valence-electron chi connectivity index (χ4n) is 3.29. The summed E-state index contributed by atoms with van der Waals surface area (Å²) in [6.07, 6.45) is 3.65. The average Bonchev–Trinajstić information content (AvgIpc) is 2.90. The lowest BCUT2D eigenvalue weighted by molar-refractivity contribution is -0.138. The first-order chi connectivity index (χ1) is 11.0. The Balaban J connectivity index is 1.92. The van der Waals surface area contributed by atoms with Crippen molar-refractivity contribution < 1.29 is 14.3 Å². The van der Waals surface area contributed by atoms with Crippen molar-refractivity contribution in [1.82, 2.24) is 9.80 Å². The maximum absolute atomic E-state index is 12.8. The molecule has 0 aromatic rings. The Hall–Kier alpha value is -1.77. The summed E-state index contributed by atoms with van der Waals surface area (Å²) >= 11 is 0. The average molecular weight is 321 g/mol. The highest BCUT2D eigenvalue weighted by atomic mass is 16.6. The Labute approximate surface area is 138 Å². The predicted molar refractivity (Wildman–Crippen MR) is 85.5 cm³/mol. The molecule has 0 aromatic heterocycles. The maximum atomic E-state index is 12.8. The molecule has 2 fully saturated rings. The summed E-state index contributed by atoms with van der Waals surface area (Å²) < 4.78 is 5.27. The Kier molecular flexibility index (Phi) is 5.86. The smallest absolute Gasteiger partial charge is 0.409 e. The molecule has 128 valence electrons. The Morgan fingerprint density at radius 2 is 1.70 bits per heavy atom. The Bertz CT molecular complexity index is 478. The van der Waals surface area contributed by atoms with Gasteiger partial charge >= 0.3 is 6.09 Å². The van der Waals surface area contributed by atoms with E-state index in [1.807, 2.05) is 13.8 Å². The van der Waals surface area contributed by atoms with Gasteiger partial charge in [0.1, 0.15) is 5.41 Å². The van der Waals surface area contributed by atoms with Crippen LogP contribution in [0, 0.1) is 22.7 Å². The molecule has 1 saturated heterocycles. The molecule has 2 rings (SSSR count). The fraction of sp³-hybridized carbons (Fsp3) is 0.824. The highest BCUT2D eigenvalue weighted by Gasteiger charge is 2.44. The lowest BCUT2D eigenvalue weighted by Crippen LogP contribution is -2.44. The molecule has 0 radical (unpaired) electrons. The van der Waals surface area contributed by atoms with Gasteiger partial charge in [0.25, 0.3) is 0 Å². The molecule has 0 atom stereocenters. The summed E-state index contributed by atoms with van der Waals surface area (Å²) in [5.41, 5.74) is -0.826. The van der Waals surface area contributed by atoms with E-state index in [9.17, 15) is 14.9 Å². The van der Waals surface area contributed by atoms with Crippen LogP contribution < -0.4 is 0 Å². The van der Waals surface area contributed by atoms with Crippen LogP contribution in [0.4, 0.5) is 4.79 Å². The van der Waals surface area contributed by atoms with Crippen LogP contribution in [0.15, 0.2) is 0 Å². The second-order valence-corrected chi connectivity index (χ2v) is 7.00. The number of carbonyl (C=O) groups excluding carboxylic acids is 2. The minimum absolute atomic E-state index is 0.0464. The van der Waals surface area contributed by atoms with Gasteiger partial charge in [-0.1, -0.05) is 26.7 Å². The van der Waals surface area contributed by atoms with Crippen molar-refractivity contribution in [2.24, 2.45) is 11.3 Å². The number of hydrogen-bond acceptors (Lipinski definition) is 4. The third kappa shape index (κ3) is 4.15. The molecular formula is C17H27N3O3. The number of rotatable bonds is 3. The molecule has 1 aliphatic carbocycles. The minimum Gasteiger partial charge on any atom is -0.449 e. The van der Waals surface area contributed by atoms with E-state index < -0.39 is 5.41 Å². The van der Waals surface area contributed by atoms with E-state index in [0.717, 1.165) is 19.3 Å². The van der Waals surface area contributed by atoms with Crippen molar-refractivity contribution in [3.8, 4) is 6.07 Å². The topological polar surface area (TPSA) is 73.6 Å². The summed E-state index contributed by atoms with van der Waals surface area (Å²) in [6, 6.07) is 2.27. The van der Waals surface area contributed by atoms with Gasteiger partial charge in [-0.05, 0) is 25.2 Å². The number of nitrogens with zero attached hydrogens (tertiary/aromatic N) is 3. The van der Waals surface area contributed by atoms with E-state index in [1.54, 1.807) is 9.80 Å². The number of ether oxygens (including phenoxy) is 1. The van der Waals surface area contributed by atoms with Crippen molar-refractivity contribution >= 4 is 12.0 Å². The van der Waals surface area contributed by atoms with Gasteiger partial charge in [0.2, 0.25) is 5.91 Å².